The number of hydrogen-bond donors (Lipinski definition) is 1. The number of fused-ring (bicyclic) bond motifs is 2. The van der Waals surface area contributed by atoms with Crippen LogP contribution in [0.2, 0.25) is 0 Å². The summed E-state index contributed by atoms with van der Waals surface area (Å²) in [6, 6.07) is 26.3. The average molecular weight is 360 g/mol. The van der Waals surface area contributed by atoms with Crippen molar-refractivity contribution in [1.29, 1.82) is 0 Å². The molecule has 1 N–H and O–H groups in total. The van der Waals surface area contributed by atoms with Crippen LogP contribution in [0.25, 0.3) is 21.5 Å². The van der Waals surface area contributed by atoms with Crippen LogP contribution in [0.1, 0.15) is 5.56 Å². The van der Waals surface area contributed by atoms with Gasteiger partial charge in [-0.1, -0.05) is 66.7 Å². The molecule has 4 nitrogen and oxygen atoms in total. The van der Waals surface area contributed by atoms with Crippen molar-refractivity contribution in [3.05, 3.63) is 90.5 Å². The number of sulfonamides is 1. The predicted molar refractivity (Wildman–Crippen MR) is 106 cm³/mol. The Hall–Kier alpha value is -3.18. The average Bonchev–Trinajstić information content (AvgIpc) is 2.68. The quantitative estimate of drug-likeness (QED) is 0.335. The maximum atomic E-state index is 12.3. The summed E-state index contributed by atoms with van der Waals surface area (Å²) in [4.78, 5) is 2.48. The van der Waals surface area contributed by atoms with E-state index in [-0.39, 0.29) is 4.90 Å². The van der Waals surface area contributed by atoms with Gasteiger partial charge in [-0.05, 0) is 39.7 Å². The van der Waals surface area contributed by atoms with Gasteiger partial charge in [0.15, 0.2) is 0 Å². The third-order valence-corrected chi connectivity index (χ3v) is 5.47. The van der Waals surface area contributed by atoms with Gasteiger partial charge in [0.1, 0.15) is 0 Å². The molecule has 0 aliphatic rings. The molecule has 4 aromatic rings. The fraction of sp³-hybridized carbons (Fsp3) is 0. The second-order valence-electron chi connectivity index (χ2n) is 5.90. The first-order chi connectivity index (χ1) is 12.6. The van der Waals surface area contributed by atoms with Crippen molar-refractivity contribution in [2.45, 2.75) is 4.90 Å². The summed E-state index contributed by atoms with van der Waals surface area (Å²) < 4.78 is 24.6. The summed E-state index contributed by atoms with van der Waals surface area (Å²) in [5, 5.41) is 8.24. The smallest absolute Gasteiger partial charge is 0.200 e. The second-order valence-corrected chi connectivity index (χ2v) is 7.56. The van der Waals surface area contributed by atoms with Gasteiger partial charge in [-0.25, -0.2) is 4.83 Å². The molecule has 0 aliphatic carbocycles. The molecular formula is C21H16N2O2S. The standard InChI is InChI=1S/C21H16N2O2S/c24-26(25,18-10-2-1-3-11-18)23-22-15-21-19-12-6-4-8-16(19)14-17-9-5-7-13-20(17)21/h1-15,23H/b22-15-. The van der Waals surface area contributed by atoms with Gasteiger partial charge in [-0.15, -0.1) is 0 Å². The van der Waals surface area contributed by atoms with Crippen LogP contribution in [0.5, 0.6) is 0 Å². The Morgan fingerprint density at radius 1 is 0.731 bits per heavy atom. The third-order valence-electron chi connectivity index (χ3n) is 4.23. The van der Waals surface area contributed by atoms with Crippen LogP contribution >= 0.6 is 0 Å². The lowest BCUT2D eigenvalue weighted by atomic mass is 9.97. The van der Waals surface area contributed by atoms with E-state index in [1.54, 1.807) is 24.4 Å². The molecule has 0 aliphatic heterocycles. The van der Waals surface area contributed by atoms with E-state index in [1.165, 1.54) is 12.1 Å². The highest BCUT2D eigenvalue weighted by Crippen LogP contribution is 2.27. The van der Waals surface area contributed by atoms with Crippen molar-refractivity contribution in [2.24, 2.45) is 5.10 Å². The lowest BCUT2D eigenvalue weighted by molar-refractivity contribution is 0.584. The Kier molecular flexibility index (Phi) is 4.14. The summed E-state index contributed by atoms with van der Waals surface area (Å²) in [6.07, 6.45) is 1.57. The summed E-state index contributed by atoms with van der Waals surface area (Å²) in [7, 11) is -3.68. The van der Waals surface area contributed by atoms with E-state index in [4.69, 9.17) is 0 Å². The summed E-state index contributed by atoms with van der Waals surface area (Å²) in [5.41, 5.74) is 0.884. The van der Waals surface area contributed by atoms with Crippen molar-refractivity contribution in [2.75, 3.05) is 0 Å². The van der Waals surface area contributed by atoms with E-state index in [0.29, 0.717) is 0 Å². The Morgan fingerprint density at radius 2 is 1.27 bits per heavy atom. The van der Waals surface area contributed by atoms with Crippen molar-refractivity contribution in [3.8, 4) is 0 Å². The minimum absolute atomic E-state index is 0.180. The fourth-order valence-electron chi connectivity index (χ4n) is 3.00. The molecular weight excluding hydrogens is 344 g/mol. The molecule has 0 heterocycles. The molecule has 0 spiro atoms. The van der Waals surface area contributed by atoms with Crippen LogP contribution in [0, 0.1) is 0 Å². The van der Waals surface area contributed by atoms with Gasteiger partial charge < -0.3 is 0 Å². The molecule has 0 amide bonds. The molecule has 0 fully saturated rings. The zero-order valence-corrected chi connectivity index (χ0v) is 14.6. The molecule has 0 aromatic heterocycles. The van der Waals surface area contributed by atoms with Crippen LogP contribution in [0.3, 0.4) is 0 Å². The van der Waals surface area contributed by atoms with Crippen molar-refractivity contribution < 1.29 is 8.42 Å². The Morgan fingerprint density at radius 3 is 1.88 bits per heavy atom. The molecule has 0 bridgehead atoms. The Balaban J connectivity index is 1.77. The van der Waals surface area contributed by atoms with Crippen LogP contribution < -0.4 is 4.83 Å². The SMILES string of the molecule is O=S(=O)(N/N=C\c1c2ccccc2cc2ccccc12)c1ccccc1. The van der Waals surface area contributed by atoms with Gasteiger partial charge in [0.2, 0.25) is 0 Å². The molecule has 128 valence electrons. The normalized spacial score (nSPS) is 12.0. The molecule has 0 atom stereocenters. The lowest BCUT2D eigenvalue weighted by Crippen LogP contribution is -2.18. The monoisotopic (exact) mass is 360 g/mol. The maximum absolute atomic E-state index is 12.3. The van der Waals surface area contributed by atoms with Gasteiger partial charge in [0, 0.05) is 5.56 Å². The van der Waals surface area contributed by atoms with E-state index in [0.717, 1.165) is 27.1 Å². The van der Waals surface area contributed by atoms with E-state index in [9.17, 15) is 8.42 Å². The van der Waals surface area contributed by atoms with Gasteiger partial charge in [0.25, 0.3) is 10.0 Å². The topological polar surface area (TPSA) is 58.5 Å². The number of nitrogens with zero attached hydrogens (tertiary/aromatic N) is 1. The zero-order valence-electron chi connectivity index (χ0n) is 13.8. The number of hydrogen-bond acceptors (Lipinski definition) is 3. The number of benzene rings is 4. The Labute approximate surface area is 151 Å². The number of rotatable bonds is 4. The largest absolute Gasteiger partial charge is 0.276 e. The van der Waals surface area contributed by atoms with Crippen LogP contribution in [-0.4, -0.2) is 14.6 Å². The van der Waals surface area contributed by atoms with Crippen LogP contribution in [0.15, 0.2) is 94.9 Å². The van der Waals surface area contributed by atoms with Crippen molar-refractivity contribution in [3.63, 3.8) is 0 Å². The predicted octanol–water partition coefficient (Wildman–Crippen LogP) is 4.31. The highest BCUT2D eigenvalue weighted by atomic mass is 32.2. The van der Waals surface area contributed by atoms with Gasteiger partial charge in [-0.2, -0.15) is 13.5 Å². The molecule has 26 heavy (non-hydrogen) atoms. The molecule has 4 rings (SSSR count). The van der Waals surface area contributed by atoms with Crippen LogP contribution in [0.4, 0.5) is 0 Å². The van der Waals surface area contributed by atoms with Crippen LogP contribution in [-0.2, 0) is 10.0 Å². The molecule has 5 heteroatoms. The molecule has 0 radical (unpaired) electrons. The first-order valence-corrected chi connectivity index (χ1v) is 9.64. The lowest BCUT2D eigenvalue weighted by Gasteiger charge is -2.08. The Bertz CT molecular complexity index is 1160. The van der Waals surface area contributed by atoms with Crippen molar-refractivity contribution in [1.82, 2.24) is 4.83 Å². The molecule has 4 aromatic carbocycles. The number of nitrogens with one attached hydrogen (secondary N) is 1. The first-order valence-electron chi connectivity index (χ1n) is 8.15. The summed E-state index contributed by atoms with van der Waals surface area (Å²) in [6.45, 7) is 0. The van der Waals surface area contributed by atoms with Crippen molar-refractivity contribution >= 4 is 37.8 Å². The minimum atomic E-state index is -3.68. The fourth-order valence-corrected chi connectivity index (χ4v) is 3.81. The first kappa shape index (κ1) is 16.3. The van der Waals surface area contributed by atoms with Gasteiger partial charge >= 0.3 is 0 Å². The highest BCUT2D eigenvalue weighted by Gasteiger charge is 2.11. The summed E-state index contributed by atoms with van der Waals surface area (Å²) >= 11 is 0. The molecule has 0 unspecified atom stereocenters. The second kappa shape index (κ2) is 6.61. The highest BCUT2D eigenvalue weighted by molar-refractivity contribution is 7.89. The minimum Gasteiger partial charge on any atom is -0.200 e. The molecule has 0 saturated heterocycles. The van der Waals surface area contributed by atoms with E-state index >= 15 is 0 Å². The molecule has 0 saturated carbocycles. The van der Waals surface area contributed by atoms with E-state index < -0.39 is 10.0 Å². The number of hydrazone groups is 1. The zero-order chi connectivity index (χ0) is 18.0. The van der Waals surface area contributed by atoms with E-state index in [1.807, 2.05) is 48.5 Å². The maximum Gasteiger partial charge on any atom is 0.276 e. The third kappa shape index (κ3) is 3.05. The van der Waals surface area contributed by atoms with Gasteiger partial charge in [0.05, 0.1) is 11.1 Å². The van der Waals surface area contributed by atoms with Gasteiger partial charge in [-0.3, -0.25) is 0 Å². The summed E-state index contributed by atoms with van der Waals surface area (Å²) in [5.74, 6) is 0. The van der Waals surface area contributed by atoms with E-state index in [2.05, 4.69) is 16.0 Å².